The summed E-state index contributed by atoms with van der Waals surface area (Å²) in [5.74, 6) is 1.27. The molecule has 0 unspecified atom stereocenters. The number of nitrogens with zero attached hydrogens (tertiary/aromatic N) is 5. The Kier molecular flexibility index (Phi) is 3.59. The lowest BCUT2D eigenvalue weighted by atomic mass is 10.1. The lowest BCUT2D eigenvalue weighted by Crippen LogP contribution is -2.44. The minimum absolute atomic E-state index is 0.344. The van der Waals surface area contributed by atoms with Gasteiger partial charge < -0.3 is 10.2 Å². The van der Waals surface area contributed by atoms with Gasteiger partial charge in [-0.05, 0) is 25.1 Å². The largest absolute Gasteiger partial charge is 0.351 e. The quantitative estimate of drug-likeness (QED) is 0.746. The van der Waals surface area contributed by atoms with Crippen LogP contribution in [-0.4, -0.2) is 51.6 Å². The second-order valence-electron chi connectivity index (χ2n) is 5.56. The zero-order chi connectivity index (χ0) is 15.8. The van der Waals surface area contributed by atoms with Crippen molar-refractivity contribution in [2.45, 2.75) is 6.92 Å². The van der Waals surface area contributed by atoms with Gasteiger partial charge in [-0.3, -0.25) is 5.10 Å². The van der Waals surface area contributed by atoms with E-state index in [4.69, 9.17) is 11.6 Å². The number of aryl methyl sites for hydroxylation is 1. The molecule has 118 valence electrons. The van der Waals surface area contributed by atoms with E-state index in [2.05, 4.69) is 35.6 Å². The zero-order valence-corrected chi connectivity index (χ0v) is 13.4. The van der Waals surface area contributed by atoms with E-state index >= 15 is 0 Å². The van der Waals surface area contributed by atoms with Gasteiger partial charge in [0.05, 0.1) is 11.2 Å². The van der Waals surface area contributed by atoms with Gasteiger partial charge in [-0.1, -0.05) is 11.6 Å². The maximum Gasteiger partial charge on any atom is 0.194 e. The van der Waals surface area contributed by atoms with E-state index in [0.717, 1.165) is 48.3 Å². The molecule has 3 heterocycles. The lowest BCUT2D eigenvalue weighted by molar-refractivity contribution is 0.583. The van der Waals surface area contributed by atoms with E-state index in [1.54, 1.807) is 0 Å². The van der Waals surface area contributed by atoms with Crippen molar-refractivity contribution in [1.29, 1.82) is 0 Å². The average molecular weight is 330 g/mol. The first-order chi connectivity index (χ1) is 11.2. The van der Waals surface area contributed by atoms with Crippen molar-refractivity contribution in [2.75, 3.05) is 31.1 Å². The molecule has 8 heteroatoms. The fraction of sp³-hybridized carbons (Fsp3) is 0.333. The molecule has 0 atom stereocenters. The molecule has 0 bridgehead atoms. The molecule has 1 saturated heterocycles. The number of anilines is 1. The van der Waals surface area contributed by atoms with Gasteiger partial charge in [-0.2, -0.15) is 5.10 Å². The van der Waals surface area contributed by atoms with Gasteiger partial charge in [0.25, 0.3) is 0 Å². The average Bonchev–Trinajstić information content (AvgIpc) is 2.97. The van der Waals surface area contributed by atoms with Crippen LogP contribution < -0.4 is 10.2 Å². The highest BCUT2D eigenvalue weighted by atomic mass is 35.5. The molecule has 0 saturated carbocycles. The van der Waals surface area contributed by atoms with Crippen LogP contribution in [0.1, 0.15) is 5.69 Å². The summed E-state index contributed by atoms with van der Waals surface area (Å²) >= 11 is 6.21. The van der Waals surface area contributed by atoms with Gasteiger partial charge in [-0.15, -0.1) is 10.2 Å². The van der Waals surface area contributed by atoms with Crippen molar-refractivity contribution in [3.8, 4) is 11.4 Å². The van der Waals surface area contributed by atoms with Crippen LogP contribution in [0.5, 0.6) is 0 Å². The molecule has 4 rings (SSSR count). The number of piperazine rings is 1. The van der Waals surface area contributed by atoms with Gasteiger partial charge in [0.15, 0.2) is 16.8 Å². The summed E-state index contributed by atoms with van der Waals surface area (Å²) in [6.45, 7) is 5.51. The number of rotatable bonds is 2. The van der Waals surface area contributed by atoms with E-state index in [0.29, 0.717) is 16.8 Å². The maximum absolute atomic E-state index is 6.21. The Bertz CT molecular complexity index is 854. The molecule has 0 spiro atoms. The van der Waals surface area contributed by atoms with E-state index in [1.807, 2.05) is 25.1 Å². The first kappa shape index (κ1) is 14.3. The fourth-order valence-corrected chi connectivity index (χ4v) is 2.99. The summed E-state index contributed by atoms with van der Waals surface area (Å²) in [6.07, 6.45) is 0. The standard InChI is InChI=1S/C15H16ClN7/c1-9-11-8-10(2-3-12(11)20-19-9)14-18-15(13(16)21-22-14)23-6-4-17-5-7-23/h2-3,8,17H,4-7H2,1H3,(H,19,20). The van der Waals surface area contributed by atoms with Crippen molar-refractivity contribution >= 4 is 28.3 Å². The predicted octanol–water partition coefficient (Wildman–Crippen LogP) is 1.79. The Balaban J connectivity index is 1.76. The van der Waals surface area contributed by atoms with Crippen LogP contribution in [0.2, 0.25) is 5.15 Å². The molecule has 1 fully saturated rings. The highest BCUT2D eigenvalue weighted by molar-refractivity contribution is 6.31. The summed E-state index contributed by atoms with van der Waals surface area (Å²) in [5.41, 5.74) is 2.85. The van der Waals surface area contributed by atoms with Gasteiger partial charge in [-0.25, -0.2) is 4.98 Å². The minimum atomic E-state index is 0.344. The van der Waals surface area contributed by atoms with Gasteiger partial charge in [0.1, 0.15) is 0 Å². The molecule has 0 aliphatic carbocycles. The number of aromatic nitrogens is 5. The molecule has 0 radical (unpaired) electrons. The molecule has 2 aromatic heterocycles. The Labute approximate surface area is 138 Å². The first-order valence-electron chi connectivity index (χ1n) is 7.53. The highest BCUT2D eigenvalue weighted by Gasteiger charge is 2.18. The normalized spacial score (nSPS) is 15.3. The molecular formula is C15H16ClN7. The van der Waals surface area contributed by atoms with Crippen LogP contribution in [0.25, 0.3) is 22.3 Å². The first-order valence-corrected chi connectivity index (χ1v) is 7.91. The van der Waals surface area contributed by atoms with Crippen molar-refractivity contribution < 1.29 is 0 Å². The second-order valence-corrected chi connectivity index (χ2v) is 5.91. The molecule has 2 N–H and O–H groups in total. The topological polar surface area (TPSA) is 82.6 Å². The van der Waals surface area contributed by atoms with Crippen LogP contribution in [0, 0.1) is 6.92 Å². The van der Waals surface area contributed by atoms with E-state index < -0.39 is 0 Å². The Morgan fingerprint density at radius 1 is 1.17 bits per heavy atom. The van der Waals surface area contributed by atoms with Crippen LogP contribution in [-0.2, 0) is 0 Å². The van der Waals surface area contributed by atoms with E-state index in [1.165, 1.54) is 0 Å². The Hall–Kier alpha value is -2.25. The Morgan fingerprint density at radius 3 is 2.83 bits per heavy atom. The molecule has 23 heavy (non-hydrogen) atoms. The van der Waals surface area contributed by atoms with E-state index in [9.17, 15) is 0 Å². The van der Waals surface area contributed by atoms with Crippen LogP contribution in [0.4, 0.5) is 5.82 Å². The fourth-order valence-electron chi connectivity index (χ4n) is 2.79. The monoisotopic (exact) mass is 329 g/mol. The number of halogens is 1. The minimum Gasteiger partial charge on any atom is -0.351 e. The summed E-state index contributed by atoms with van der Waals surface area (Å²) in [5, 5.41) is 20.2. The summed E-state index contributed by atoms with van der Waals surface area (Å²) in [6, 6.07) is 5.97. The van der Waals surface area contributed by atoms with Crippen molar-refractivity contribution in [2.24, 2.45) is 0 Å². The molecular weight excluding hydrogens is 314 g/mol. The Morgan fingerprint density at radius 2 is 2.00 bits per heavy atom. The van der Waals surface area contributed by atoms with Crippen molar-refractivity contribution in [3.05, 3.63) is 29.0 Å². The SMILES string of the molecule is Cc1n[nH]c2ccc(-c3nnc(Cl)c(N4CCNCC4)n3)cc12. The zero-order valence-electron chi connectivity index (χ0n) is 12.7. The third-order valence-electron chi connectivity index (χ3n) is 4.06. The summed E-state index contributed by atoms with van der Waals surface area (Å²) in [4.78, 5) is 6.79. The number of H-pyrrole nitrogens is 1. The lowest BCUT2D eigenvalue weighted by Gasteiger charge is -2.28. The van der Waals surface area contributed by atoms with Crippen molar-refractivity contribution in [1.82, 2.24) is 30.7 Å². The van der Waals surface area contributed by atoms with Crippen LogP contribution >= 0.6 is 11.6 Å². The smallest absolute Gasteiger partial charge is 0.194 e. The molecule has 7 nitrogen and oxygen atoms in total. The van der Waals surface area contributed by atoms with Gasteiger partial charge >= 0.3 is 0 Å². The molecule has 0 amide bonds. The summed E-state index contributed by atoms with van der Waals surface area (Å²) < 4.78 is 0. The second kappa shape index (κ2) is 5.75. The number of aromatic amines is 1. The van der Waals surface area contributed by atoms with Crippen LogP contribution in [0.15, 0.2) is 18.2 Å². The number of hydrogen-bond donors (Lipinski definition) is 2. The number of fused-ring (bicyclic) bond motifs is 1. The molecule has 1 aliphatic heterocycles. The van der Waals surface area contributed by atoms with Crippen molar-refractivity contribution in [3.63, 3.8) is 0 Å². The third kappa shape index (κ3) is 2.62. The predicted molar refractivity (Wildman–Crippen MR) is 89.7 cm³/mol. The maximum atomic E-state index is 6.21. The molecule has 1 aromatic carbocycles. The van der Waals surface area contributed by atoms with Gasteiger partial charge in [0.2, 0.25) is 0 Å². The molecule has 3 aromatic rings. The van der Waals surface area contributed by atoms with Gasteiger partial charge in [0, 0.05) is 37.1 Å². The van der Waals surface area contributed by atoms with E-state index in [-0.39, 0.29) is 0 Å². The third-order valence-corrected chi connectivity index (χ3v) is 4.30. The summed E-state index contributed by atoms with van der Waals surface area (Å²) in [7, 11) is 0. The number of hydrogen-bond acceptors (Lipinski definition) is 6. The van der Waals surface area contributed by atoms with Crippen LogP contribution in [0.3, 0.4) is 0 Å². The number of nitrogens with one attached hydrogen (secondary N) is 2. The highest BCUT2D eigenvalue weighted by Crippen LogP contribution is 2.26. The number of benzene rings is 1. The molecule has 1 aliphatic rings.